The minimum absolute atomic E-state index is 0.732. The molecule has 0 radical (unpaired) electrons. The van der Waals surface area contributed by atoms with Crippen LogP contribution in [-0.4, -0.2) is 50.6 Å². The van der Waals surface area contributed by atoms with Gasteiger partial charge in [-0.1, -0.05) is 24.3 Å². The van der Waals surface area contributed by atoms with E-state index in [1.807, 2.05) is 24.3 Å². The number of aldehydes is 1. The first-order chi connectivity index (χ1) is 9.38. The molecule has 1 aromatic rings. The first kappa shape index (κ1) is 14.2. The first-order valence-corrected chi connectivity index (χ1v) is 6.93. The van der Waals surface area contributed by atoms with E-state index in [0.29, 0.717) is 0 Å². The minimum atomic E-state index is 0.732. The summed E-state index contributed by atoms with van der Waals surface area (Å²) in [6.45, 7) is 6.89. The van der Waals surface area contributed by atoms with E-state index in [1.54, 1.807) is 0 Å². The Hall–Kier alpha value is -1.23. The zero-order valence-electron chi connectivity index (χ0n) is 11.3. The monoisotopic (exact) mass is 262 g/mol. The minimum Gasteiger partial charge on any atom is -0.379 e. The predicted molar refractivity (Wildman–Crippen MR) is 75.4 cm³/mol. The molecule has 1 heterocycles. The second kappa shape index (κ2) is 8.04. The molecule has 1 fully saturated rings. The lowest BCUT2D eigenvalue weighted by molar-refractivity contribution is 0.0374. The molecule has 0 aromatic heterocycles. The Morgan fingerprint density at radius 3 is 2.63 bits per heavy atom. The van der Waals surface area contributed by atoms with Crippen molar-refractivity contribution >= 4 is 6.29 Å². The van der Waals surface area contributed by atoms with Gasteiger partial charge in [-0.05, 0) is 25.1 Å². The Bertz CT molecular complexity index is 372. The third-order valence-corrected chi connectivity index (χ3v) is 3.38. The van der Waals surface area contributed by atoms with Crippen LogP contribution in [0.15, 0.2) is 24.3 Å². The van der Waals surface area contributed by atoms with Crippen LogP contribution < -0.4 is 5.32 Å². The molecule has 0 aliphatic carbocycles. The van der Waals surface area contributed by atoms with Gasteiger partial charge < -0.3 is 10.1 Å². The van der Waals surface area contributed by atoms with Crippen LogP contribution in [-0.2, 0) is 11.3 Å². The molecule has 1 saturated heterocycles. The standard InChI is InChI=1S/C15H22N2O2/c18-13-15-4-2-14(3-5-15)12-16-6-1-7-17-8-10-19-11-9-17/h2-5,13,16H,1,6-12H2. The summed E-state index contributed by atoms with van der Waals surface area (Å²) in [4.78, 5) is 13.0. The molecule has 1 aliphatic heterocycles. The summed E-state index contributed by atoms with van der Waals surface area (Å²) in [7, 11) is 0. The molecular formula is C15H22N2O2. The van der Waals surface area contributed by atoms with Gasteiger partial charge in [-0.25, -0.2) is 0 Å². The SMILES string of the molecule is O=Cc1ccc(CNCCCN2CCOCC2)cc1. The highest BCUT2D eigenvalue weighted by molar-refractivity contribution is 5.74. The van der Waals surface area contributed by atoms with Crippen molar-refractivity contribution in [3.05, 3.63) is 35.4 Å². The molecule has 0 amide bonds. The molecule has 1 aromatic carbocycles. The van der Waals surface area contributed by atoms with Gasteiger partial charge >= 0.3 is 0 Å². The van der Waals surface area contributed by atoms with Gasteiger partial charge in [0.05, 0.1) is 13.2 Å². The van der Waals surface area contributed by atoms with Crippen molar-refractivity contribution in [1.29, 1.82) is 0 Å². The number of ether oxygens (including phenoxy) is 1. The largest absolute Gasteiger partial charge is 0.379 e. The van der Waals surface area contributed by atoms with Crippen LogP contribution >= 0.6 is 0 Å². The topological polar surface area (TPSA) is 41.6 Å². The summed E-state index contributed by atoms with van der Waals surface area (Å²) in [5.41, 5.74) is 1.95. The highest BCUT2D eigenvalue weighted by Gasteiger charge is 2.08. The number of nitrogens with one attached hydrogen (secondary N) is 1. The summed E-state index contributed by atoms with van der Waals surface area (Å²) in [5.74, 6) is 0. The average Bonchev–Trinajstić information content (AvgIpc) is 2.49. The molecule has 4 nitrogen and oxygen atoms in total. The molecule has 0 atom stereocenters. The van der Waals surface area contributed by atoms with E-state index in [2.05, 4.69) is 10.2 Å². The molecular weight excluding hydrogens is 240 g/mol. The van der Waals surface area contributed by atoms with Crippen molar-refractivity contribution in [2.45, 2.75) is 13.0 Å². The second-order valence-electron chi connectivity index (χ2n) is 4.84. The summed E-state index contributed by atoms with van der Waals surface area (Å²) >= 11 is 0. The number of hydrogen-bond donors (Lipinski definition) is 1. The average molecular weight is 262 g/mol. The van der Waals surface area contributed by atoms with Crippen molar-refractivity contribution in [1.82, 2.24) is 10.2 Å². The van der Waals surface area contributed by atoms with Gasteiger partial charge in [0.25, 0.3) is 0 Å². The molecule has 2 rings (SSSR count). The molecule has 1 aliphatic rings. The lowest BCUT2D eigenvalue weighted by Gasteiger charge is -2.26. The Balaban J connectivity index is 1.56. The predicted octanol–water partition coefficient (Wildman–Crippen LogP) is 1.31. The quantitative estimate of drug-likeness (QED) is 0.594. The zero-order chi connectivity index (χ0) is 13.3. The van der Waals surface area contributed by atoms with Crippen LogP contribution in [0.2, 0.25) is 0 Å². The Morgan fingerprint density at radius 2 is 1.95 bits per heavy atom. The number of hydrogen-bond acceptors (Lipinski definition) is 4. The number of carbonyl (C=O) groups is 1. The van der Waals surface area contributed by atoms with Crippen LogP contribution in [0.1, 0.15) is 22.3 Å². The smallest absolute Gasteiger partial charge is 0.150 e. The van der Waals surface area contributed by atoms with Crippen LogP contribution in [0.5, 0.6) is 0 Å². The summed E-state index contributed by atoms with van der Waals surface area (Å²) < 4.78 is 5.32. The van der Waals surface area contributed by atoms with Crippen molar-refractivity contribution in [3.63, 3.8) is 0 Å². The molecule has 19 heavy (non-hydrogen) atoms. The van der Waals surface area contributed by atoms with E-state index in [9.17, 15) is 4.79 Å². The zero-order valence-corrected chi connectivity index (χ0v) is 11.3. The van der Waals surface area contributed by atoms with Crippen molar-refractivity contribution in [2.24, 2.45) is 0 Å². The Labute approximate surface area is 114 Å². The van der Waals surface area contributed by atoms with Gasteiger partial charge in [0.15, 0.2) is 0 Å². The van der Waals surface area contributed by atoms with Crippen molar-refractivity contribution < 1.29 is 9.53 Å². The number of benzene rings is 1. The van der Waals surface area contributed by atoms with E-state index in [0.717, 1.165) is 64.2 Å². The van der Waals surface area contributed by atoms with E-state index in [4.69, 9.17) is 4.74 Å². The third-order valence-electron chi connectivity index (χ3n) is 3.38. The highest BCUT2D eigenvalue weighted by atomic mass is 16.5. The first-order valence-electron chi connectivity index (χ1n) is 6.93. The molecule has 0 spiro atoms. The van der Waals surface area contributed by atoms with E-state index in [-0.39, 0.29) is 0 Å². The van der Waals surface area contributed by atoms with Gasteiger partial charge in [-0.15, -0.1) is 0 Å². The third kappa shape index (κ3) is 5.11. The van der Waals surface area contributed by atoms with Crippen LogP contribution in [0.4, 0.5) is 0 Å². The van der Waals surface area contributed by atoms with Crippen molar-refractivity contribution in [2.75, 3.05) is 39.4 Å². The van der Waals surface area contributed by atoms with Gasteiger partial charge in [0.2, 0.25) is 0 Å². The summed E-state index contributed by atoms with van der Waals surface area (Å²) in [6, 6.07) is 7.72. The van der Waals surface area contributed by atoms with Crippen LogP contribution in [0.25, 0.3) is 0 Å². The van der Waals surface area contributed by atoms with E-state index >= 15 is 0 Å². The number of carbonyl (C=O) groups excluding carboxylic acids is 1. The summed E-state index contributed by atoms with van der Waals surface area (Å²) in [5, 5.41) is 3.43. The van der Waals surface area contributed by atoms with Gasteiger partial charge in [-0.3, -0.25) is 9.69 Å². The molecule has 0 bridgehead atoms. The molecule has 104 valence electrons. The van der Waals surface area contributed by atoms with Crippen LogP contribution in [0, 0.1) is 0 Å². The van der Waals surface area contributed by atoms with E-state index in [1.165, 1.54) is 5.56 Å². The number of morpholine rings is 1. The molecule has 0 saturated carbocycles. The molecule has 0 unspecified atom stereocenters. The molecule has 4 heteroatoms. The van der Waals surface area contributed by atoms with E-state index < -0.39 is 0 Å². The molecule has 1 N–H and O–H groups in total. The van der Waals surface area contributed by atoms with Gasteiger partial charge in [-0.2, -0.15) is 0 Å². The van der Waals surface area contributed by atoms with Gasteiger partial charge in [0.1, 0.15) is 6.29 Å². The fourth-order valence-electron chi connectivity index (χ4n) is 2.20. The fraction of sp³-hybridized carbons (Fsp3) is 0.533. The maximum absolute atomic E-state index is 10.5. The lowest BCUT2D eigenvalue weighted by Crippen LogP contribution is -2.37. The maximum atomic E-state index is 10.5. The number of nitrogens with zero attached hydrogens (tertiary/aromatic N) is 1. The lowest BCUT2D eigenvalue weighted by atomic mass is 10.1. The Kier molecular flexibility index (Phi) is 6.01. The summed E-state index contributed by atoms with van der Waals surface area (Å²) in [6.07, 6.45) is 2.03. The van der Waals surface area contributed by atoms with Crippen LogP contribution in [0.3, 0.4) is 0 Å². The normalized spacial score (nSPS) is 16.4. The van der Waals surface area contributed by atoms with Gasteiger partial charge in [0, 0.05) is 25.2 Å². The Morgan fingerprint density at radius 1 is 1.21 bits per heavy atom. The highest BCUT2D eigenvalue weighted by Crippen LogP contribution is 2.02. The fourth-order valence-corrected chi connectivity index (χ4v) is 2.20. The second-order valence-corrected chi connectivity index (χ2v) is 4.84. The maximum Gasteiger partial charge on any atom is 0.150 e. The van der Waals surface area contributed by atoms with Crippen molar-refractivity contribution in [3.8, 4) is 0 Å². The number of rotatable bonds is 7.